The molecule has 0 radical (unpaired) electrons. The third-order valence-corrected chi connectivity index (χ3v) is 3.19. The van der Waals surface area contributed by atoms with Gasteiger partial charge in [-0.15, -0.1) is 0 Å². The minimum Gasteiger partial charge on any atom is -0.314 e. The number of nitrogens with one attached hydrogen (secondary N) is 1. The Bertz CT molecular complexity index is 350. The van der Waals surface area contributed by atoms with Crippen molar-refractivity contribution in [3.8, 4) is 0 Å². The first-order valence-corrected chi connectivity index (χ1v) is 5.92. The van der Waals surface area contributed by atoms with Gasteiger partial charge in [-0.2, -0.15) is 0 Å². The molecule has 0 aliphatic carbocycles. The van der Waals surface area contributed by atoms with E-state index in [0.29, 0.717) is 12.5 Å². The lowest BCUT2D eigenvalue weighted by atomic mass is 9.90. The van der Waals surface area contributed by atoms with Crippen LogP contribution in [0.5, 0.6) is 0 Å². The van der Waals surface area contributed by atoms with Gasteiger partial charge in [0.15, 0.2) is 5.78 Å². The number of Topliss-reactive ketones (excluding diaryl/α,β-unsaturated/α-hetero) is 1. The summed E-state index contributed by atoms with van der Waals surface area (Å²) in [5, 5.41) is 3.41. The predicted octanol–water partition coefficient (Wildman–Crippen LogP) is 2.04. The molecular formula is C13H18N2O. The number of hydrogen-bond acceptors (Lipinski definition) is 3. The Morgan fingerprint density at radius 1 is 1.50 bits per heavy atom. The topological polar surface area (TPSA) is 42.0 Å². The van der Waals surface area contributed by atoms with E-state index in [1.807, 2.05) is 0 Å². The molecule has 2 unspecified atom stereocenters. The highest BCUT2D eigenvalue weighted by Crippen LogP contribution is 2.18. The molecule has 0 bridgehead atoms. The molecule has 3 heteroatoms. The highest BCUT2D eigenvalue weighted by molar-refractivity contribution is 5.96. The zero-order valence-corrected chi connectivity index (χ0v) is 9.65. The van der Waals surface area contributed by atoms with Crippen LogP contribution in [0.2, 0.25) is 0 Å². The first kappa shape index (κ1) is 11.3. The number of rotatable bonds is 3. The van der Waals surface area contributed by atoms with E-state index >= 15 is 0 Å². The maximum absolute atomic E-state index is 12.0. The van der Waals surface area contributed by atoms with Crippen molar-refractivity contribution in [2.45, 2.75) is 32.2 Å². The zero-order chi connectivity index (χ0) is 11.4. The van der Waals surface area contributed by atoms with Crippen molar-refractivity contribution in [3.05, 3.63) is 30.1 Å². The number of ketones is 1. The third kappa shape index (κ3) is 2.89. The normalized spacial score (nSPS) is 25.3. The Balaban J connectivity index is 1.92. The molecule has 0 aromatic carbocycles. The lowest BCUT2D eigenvalue weighted by Crippen LogP contribution is -2.38. The quantitative estimate of drug-likeness (QED) is 0.789. The van der Waals surface area contributed by atoms with Crippen LogP contribution in [0.15, 0.2) is 24.5 Å². The van der Waals surface area contributed by atoms with Gasteiger partial charge in [-0.1, -0.05) is 6.92 Å². The molecule has 0 saturated carbocycles. The maximum Gasteiger partial charge on any atom is 0.164 e. The van der Waals surface area contributed by atoms with Gasteiger partial charge in [-0.25, -0.2) is 0 Å². The molecule has 0 amide bonds. The van der Waals surface area contributed by atoms with Crippen LogP contribution < -0.4 is 5.32 Å². The van der Waals surface area contributed by atoms with Crippen molar-refractivity contribution in [2.75, 3.05) is 6.54 Å². The van der Waals surface area contributed by atoms with E-state index in [0.717, 1.165) is 24.4 Å². The summed E-state index contributed by atoms with van der Waals surface area (Å²) in [7, 11) is 0. The van der Waals surface area contributed by atoms with Gasteiger partial charge in [0.1, 0.15) is 0 Å². The molecular weight excluding hydrogens is 200 g/mol. The van der Waals surface area contributed by atoms with Crippen molar-refractivity contribution in [2.24, 2.45) is 5.92 Å². The summed E-state index contributed by atoms with van der Waals surface area (Å²) in [6.45, 7) is 3.29. The fourth-order valence-electron chi connectivity index (χ4n) is 2.26. The fraction of sp³-hybridized carbons (Fsp3) is 0.538. The number of hydrogen-bond donors (Lipinski definition) is 1. The Morgan fingerprint density at radius 2 is 2.25 bits per heavy atom. The lowest BCUT2D eigenvalue weighted by molar-refractivity contribution is 0.0959. The molecule has 1 aromatic rings. The average molecular weight is 218 g/mol. The van der Waals surface area contributed by atoms with Crippen molar-refractivity contribution < 1.29 is 4.79 Å². The number of aromatic nitrogens is 1. The van der Waals surface area contributed by atoms with Gasteiger partial charge in [0.2, 0.25) is 0 Å². The standard InChI is InChI=1S/C13H18N2O/c1-10-2-7-15-12(8-10)9-13(16)11-3-5-14-6-4-11/h3-6,10,12,15H,2,7-9H2,1H3. The van der Waals surface area contributed by atoms with E-state index in [-0.39, 0.29) is 5.78 Å². The molecule has 1 aromatic heterocycles. The number of piperidine rings is 1. The van der Waals surface area contributed by atoms with E-state index in [9.17, 15) is 4.79 Å². The van der Waals surface area contributed by atoms with Crippen LogP contribution in [0.3, 0.4) is 0 Å². The van der Waals surface area contributed by atoms with Gasteiger partial charge in [-0.3, -0.25) is 9.78 Å². The molecule has 1 aliphatic heterocycles. The minimum atomic E-state index is 0.217. The Hall–Kier alpha value is -1.22. The van der Waals surface area contributed by atoms with Gasteiger partial charge < -0.3 is 5.32 Å². The maximum atomic E-state index is 12.0. The summed E-state index contributed by atoms with van der Waals surface area (Å²) in [6, 6.07) is 3.92. The van der Waals surface area contributed by atoms with Gasteiger partial charge in [0, 0.05) is 30.4 Å². The first-order chi connectivity index (χ1) is 7.75. The van der Waals surface area contributed by atoms with Crippen LogP contribution in [0.1, 0.15) is 36.5 Å². The molecule has 1 fully saturated rings. The SMILES string of the molecule is CC1CCNC(CC(=O)c2ccncc2)C1. The average Bonchev–Trinajstić information content (AvgIpc) is 2.30. The van der Waals surface area contributed by atoms with Crippen molar-refractivity contribution in [1.29, 1.82) is 0 Å². The molecule has 1 N–H and O–H groups in total. The Kier molecular flexibility index (Phi) is 3.67. The van der Waals surface area contributed by atoms with Crippen LogP contribution >= 0.6 is 0 Å². The second-order valence-electron chi connectivity index (χ2n) is 4.64. The number of pyridine rings is 1. The molecule has 86 valence electrons. The van der Waals surface area contributed by atoms with Crippen LogP contribution in [-0.4, -0.2) is 23.4 Å². The largest absolute Gasteiger partial charge is 0.314 e. The molecule has 2 atom stereocenters. The van der Waals surface area contributed by atoms with Crippen LogP contribution in [0.4, 0.5) is 0 Å². The third-order valence-electron chi connectivity index (χ3n) is 3.19. The van der Waals surface area contributed by atoms with Gasteiger partial charge >= 0.3 is 0 Å². The van der Waals surface area contributed by atoms with Crippen LogP contribution in [0, 0.1) is 5.92 Å². The van der Waals surface area contributed by atoms with Gasteiger partial charge in [-0.05, 0) is 37.4 Å². The molecule has 3 nitrogen and oxygen atoms in total. The van der Waals surface area contributed by atoms with E-state index in [1.54, 1.807) is 24.5 Å². The predicted molar refractivity (Wildman–Crippen MR) is 63.4 cm³/mol. The summed E-state index contributed by atoms with van der Waals surface area (Å²) >= 11 is 0. The van der Waals surface area contributed by atoms with E-state index in [4.69, 9.17) is 0 Å². The molecule has 0 spiro atoms. The monoisotopic (exact) mass is 218 g/mol. The van der Waals surface area contributed by atoms with E-state index < -0.39 is 0 Å². The van der Waals surface area contributed by atoms with E-state index in [1.165, 1.54) is 6.42 Å². The second-order valence-corrected chi connectivity index (χ2v) is 4.64. The van der Waals surface area contributed by atoms with Crippen LogP contribution in [0.25, 0.3) is 0 Å². The van der Waals surface area contributed by atoms with Crippen molar-refractivity contribution >= 4 is 5.78 Å². The fourth-order valence-corrected chi connectivity index (χ4v) is 2.26. The van der Waals surface area contributed by atoms with Crippen molar-refractivity contribution in [3.63, 3.8) is 0 Å². The molecule has 1 saturated heterocycles. The minimum absolute atomic E-state index is 0.217. The number of carbonyl (C=O) groups excluding carboxylic acids is 1. The van der Waals surface area contributed by atoms with Crippen molar-refractivity contribution in [1.82, 2.24) is 10.3 Å². The van der Waals surface area contributed by atoms with Crippen LogP contribution in [-0.2, 0) is 0 Å². The Morgan fingerprint density at radius 3 is 2.94 bits per heavy atom. The Labute approximate surface area is 96.3 Å². The highest BCUT2D eigenvalue weighted by atomic mass is 16.1. The zero-order valence-electron chi connectivity index (χ0n) is 9.65. The highest BCUT2D eigenvalue weighted by Gasteiger charge is 2.21. The second kappa shape index (κ2) is 5.21. The van der Waals surface area contributed by atoms with Gasteiger partial charge in [0.25, 0.3) is 0 Å². The number of carbonyl (C=O) groups is 1. The first-order valence-electron chi connectivity index (χ1n) is 5.92. The summed E-state index contributed by atoms with van der Waals surface area (Å²) in [5.41, 5.74) is 0.773. The summed E-state index contributed by atoms with van der Waals surface area (Å²) in [6.07, 6.45) is 6.28. The molecule has 2 heterocycles. The summed E-state index contributed by atoms with van der Waals surface area (Å²) in [5.74, 6) is 0.950. The summed E-state index contributed by atoms with van der Waals surface area (Å²) < 4.78 is 0. The molecule has 16 heavy (non-hydrogen) atoms. The number of nitrogens with zero attached hydrogens (tertiary/aromatic N) is 1. The van der Waals surface area contributed by atoms with E-state index in [2.05, 4.69) is 17.2 Å². The molecule has 2 rings (SSSR count). The van der Waals surface area contributed by atoms with Gasteiger partial charge in [0.05, 0.1) is 0 Å². The smallest absolute Gasteiger partial charge is 0.164 e. The lowest BCUT2D eigenvalue weighted by Gasteiger charge is -2.27. The molecule has 1 aliphatic rings. The summed E-state index contributed by atoms with van der Waals surface area (Å²) in [4.78, 5) is 15.9.